The molecule has 0 bridgehead atoms. The predicted octanol–water partition coefficient (Wildman–Crippen LogP) is 2.61. The lowest BCUT2D eigenvalue weighted by Gasteiger charge is -2.21. The predicted molar refractivity (Wildman–Crippen MR) is 83.4 cm³/mol. The maximum atomic E-state index is 12.4. The van der Waals surface area contributed by atoms with Crippen LogP contribution in [0.1, 0.15) is 65.2 Å². The van der Waals surface area contributed by atoms with Crippen molar-refractivity contribution in [2.45, 2.75) is 76.5 Å². The Kier molecular flexibility index (Phi) is 7.66. The summed E-state index contributed by atoms with van der Waals surface area (Å²) >= 11 is 0. The van der Waals surface area contributed by atoms with Gasteiger partial charge in [-0.3, -0.25) is 4.79 Å². The molecule has 5 nitrogen and oxygen atoms in total. The second-order valence-corrected chi connectivity index (χ2v) is 7.94. The summed E-state index contributed by atoms with van der Waals surface area (Å²) in [6, 6.07) is -0.0780. The van der Waals surface area contributed by atoms with E-state index in [1.807, 2.05) is 6.92 Å². The Bertz CT molecular complexity index is 421. The normalized spacial score (nSPS) is 24.0. The van der Waals surface area contributed by atoms with Gasteiger partial charge in [-0.2, -0.15) is 0 Å². The van der Waals surface area contributed by atoms with Gasteiger partial charge in [0.25, 0.3) is 0 Å². The molecule has 0 aromatic rings. The first-order valence-electron chi connectivity index (χ1n) is 8.01. The van der Waals surface area contributed by atoms with Crippen molar-refractivity contribution in [2.24, 2.45) is 5.92 Å². The van der Waals surface area contributed by atoms with Crippen LogP contribution in [0.15, 0.2) is 0 Å². The Morgan fingerprint density at radius 3 is 2.62 bits per heavy atom. The first kappa shape index (κ1) is 18.4. The topological polar surface area (TPSA) is 72.5 Å². The summed E-state index contributed by atoms with van der Waals surface area (Å²) in [5.41, 5.74) is 0. The van der Waals surface area contributed by atoms with E-state index in [2.05, 4.69) is 11.6 Å². The summed E-state index contributed by atoms with van der Waals surface area (Å²) in [6.07, 6.45) is 7.26. The molecule has 1 N–H and O–H groups in total. The van der Waals surface area contributed by atoms with E-state index in [9.17, 15) is 13.2 Å². The van der Waals surface area contributed by atoms with Crippen molar-refractivity contribution >= 4 is 16.0 Å². The number of sulfonamides is 1. The molecular weight excluding hydrogens is 290 g/mol. The van der Waals surface area contributed by atoms with Crippen LogP contribution in [-0.4, -0.2) is 32.8 Å². The molecule has 0 saturated heterocycles. The zero-order valence-electron chi connectivity index (χ0n) is 13.4. The number of rotatable bonds is 9. The molecule has 3 unspecified atom stereocenters. The summed E-state index contributed by atoms with van der Waals surface area (Å²) in [7, 11) is -2.14. The van der Waals surface area contributed by atoms with Crippen molar-refractivity contribution < 1.29 is 17.9 Å². The molecule has 0 aromatic heterocycles. The van der Waals surface area contributed by atoms with Crippen LogP contribution in [0, 0.1) is 5.92 Å². The van der Waals surface area contributed by atoms with E-state index >= 15 is 0 Å². The molecular formula is C15H29NO4S. The SMILES string of the molecule is CCCCCCC(C)NS(=O)(=O)C1CCCC1C(=O)OC. The first-order valence-corrected chi connectivity index (χ1v) is 9.56. The molecule has 1 aliphatic rings. The molecule has 0 aromatic carbocycles. The molecule has 0 radical (unpaired) electrons. The second-order valence-electron chi connectivity index (χ2n) is 6.01. The molecule has 3 atom stereocenters. The van der Waals surface area contributed by atoms with Crippen LogP contribution in [0.25, 0.3) is 0 Å². The highest BCUT2D eigenvalue weighted by Crippen LogP contribution is 2.31. The molecule has 0 aliphatic heterocycles. The maximum Gasteiger partial charge on any atom is 0.310 e. The lowest BCUT2D eigenvalue weighted by atomic mass is 10.1. The minimum absolute atomic E-state index is 0.0780. The molecule has 1 fully saturated rings. The van der Waals surface area contributed by atoms with E-state index in [1.165, 1.54) is 20.0 Å². The highest BCUT2D eigenvalue weighted by molar-refractivity contribution is 7.90. The average molecular weight is 319 g/mol. The summed E-state index contributed by atoms with van der Waals surface area (Å²) in [6.45, 7) is 4.05. The fourth-order valence-electron chi connectivity index (χ4n) is 3.02. The Labute approximate surface area is 128 Å². The average Bonchev–Trinajstić information content (AvgIpc) is 2.92. The van der Waals surface area contributed by atoms with Crippen LogP contribution in [0.3, 0.4) is 0 Å². The van der Waals surface area contributed by atoms with Crippen LogP contribution in [-0.2, 0) is 19.6 Å². The molecule has 1 saturated carbocycles. The number of carbonyl (C=O) groups excluding carboxylic acids is 1. The highest BCUT2D eigenvalue weighted by Gasteiger charge is 2.42. The lowest BCUT2D eigenvalue weighted by Crippen LogP contribution is -2.43. The largest absolute Gasteiger partial charge is 0.469 e. The standard InChI is InChI=1S/C15H29NO4S/c1-4-5-6-7-9-12(2)16-21(18,19)14-11-8-10-13(14)15(17)20-3/h12-14,16H,4-11H2,1-3H3. The molecule has 6 heteroatoms. The zero-order valence-corrected chi connectivity index (χ0v) is 14.2. The van der Waals surface area contributed by atoms with E-state index in [0.717, 1.165) is 25.7 Å². The molecule has 1 aliphatic carbocycles. The molecule has 124 valence electrons. The van der Waals surface area contributed by atoms with Crippen LogP contribution in [0.5, 0.6) is 0 Å². The van der Waals surface area contributed by atoms with E-state index in [-0.39, 0.29) is 6.04 Å². The third-order valence-electron chi connectivity index (χ3n) is 4.21. The summed E-state index contributed by atoms with van der Waals surface area (Å²) in [5, 5.41) is -0.636. The van der Waals surface area contributed by atoms with Crippen molar-refractivity contribution in [2.75, 3.05) is 7.11 Å². The van der Waals surface area contributed by atoms with Crippen LogP contribution in [0.2, 0.25) is 0 Å². The van der Waals surface area contributed by atoms with Crippen LogP contribution >= 0.6 is 0 Å². The molecule has 0 heterocycles. The molecule has 1 rings (SSSR count). The van der Waals surface area contributed by atoms with Gasteiger partial charge in [-0.05, 0) is 26.2 Å². The van der Waals surface area contributed by atoms with Crippen molar-refractivity contribution in [1.29, 1.82) is 0 Å². The molecule has 0 amide bonds. The quantitative estimate of drug-likeness (QED) is 0.524. The van der Waals surface area contributed by atoms with Gasteiger partial charge >= 0.3 is 5.97 Å². The van der Waals surface area contributed by atoms with Crippen molar-refractivity contribution in [3.8, 4) is 0 Å². The Morgan fingerprint density at radius 2 is 2.00 bits per heavy atom. The molecule has 21 heavy (non-hydrogen) atoms. The number of esters is 1. The summed E-state index contributed by atoms with van der Waals surface area (Å²) in [5.74, 6) is -0.918. The van der Waals surface area contributed by atoms with Gasteiger partial charge in [0.15, 0.2) is 0 Å². The number of ether oxygens (including phenoxy) is 1. The van der Waals surface area contributed by atoms with Gasteiger partial charge in [-0.15, -0.1) is 0 Å². The van der Waals surface area contributed by atoms with Gasteiger partial charge in [0.05, 0.1) is 18.3 Å². The number of unbranched alkanes of at least 4 members (excludes halogenated alkanes) is 3. The molecule has 0 spiro atoms. The highest BCUT2D eigenvalue weighted by atomic mass is 32.2. The number of nitrogens with one attached hydrogen (secondary N) is 1. The maximum absolute atomic E-state index is 12.4. The van der Waals surface area contributed by atoms with Gasteiger partial charge in [0.2, 0.25) is 10.0 Å². The number of hydrogen-bond donors (Lipinski definition) is 1. The minimum Gasteiger partial charge on any atom is -0.469 e. The summed E-state index contributed by atoms with van der Waals surface area (Å²) < 4.78 is 32.4. The third kappa shape index (κ3) is 5.58. The number of methoxy groups -OCH3 is 1. The first-order chi connectivity index (χ1) is 9.92. The Hall–Kier alpha value is -0.620. The number of hydrogen-bond acceptors (Lipinski definition) is 4. The van der Waals surface area contributed by atoms with Crippen LogP contribution < -0.4 is 4.72 Å². The van der Waals surface area contributed by atoms with Gasteiger partial charge in [-0.1, -0.05) is 39.0 Å². The van der Waals surface area contributed by atoms with Crippen molar-refractivity contribution in [1.82, 2.24) is 4.72 Å². The monoisotopic (exact) mass is 319 g/mol. The fourth-order valence-corrected chi connectivity index (χ4v) is 5.03. The second kappa shape index (κ2) is 8.73. The number of carbonyl (C=O) groups is 1. The van der Waals surface area contributed by atoms with Crippen molar-refractivity contribution in [3.63, 3.8) is 0 Å². The van der Waals surface area contributed by atoms with Gasteiger partial charge in [0, 0.05) is 6.04 Å². The smallest absolute Gasteiger partial charge is 0.310 e. The zero-order chi connectivity index (χ0) is 15.9. The minimum atomic E-state index is -3.46. The van der Waals surface area contributed by atoms with E-state index in [1.54, 1.807) is 0 Å². The van der Waals surface area contributed by atoms with Crippen LogP contribution in [0.4, 0.5) is 0 Å². The third-order valence-corrected chi connectivity index (χ3v) is 6.30. The van der Waals surface area contributed by atoms with Gasteiger partial charge < -0.3 is 4.74 Å². The van der Waals surface area contributed by atoms with Crippen molar-refractivity contribution in [3.05, 3.63) is 0 Å². The van der Waals surface area contributed by atoms with E-state index in [0.29, 0.717) is 12.8 Å². The Balaban J connectivity index is 2.53. The van der Waals surface area contributed by atoms with E-state index < -0.39 is 27.2 Å². The Morgan fingerprint density at radius 1 is 1.29 bits per heavy atom. The fraction of sp³-hybridized carbons (Fsp3) is 0.933. The summed E-state index contributed by atoms with van der Waals surface area (Å²) in [4.78, 5) is 11.7. The van der Waals surface area contributed by atoms with Gasteiger partial charge in [0.1, 0.15) is 0 Å². The van der Waals surface area contributed by atoms with E-state index in [4.69, 9.17) is 4.74 Å². The lowest BCUT2D eigenvalue weighted by molar-refractivity contribution is -0.145. The van der Waals surface area contributed by atoms with Gasteiger partial charge in [-0.25, -0.2) is 13.1 Å².